The van der Waals surface area contributed by atoms with Gasteiger partial charge >= 0.3 is 0 Å². The largest absolute Gasteiger partial charge is 0.456 e. The lowest BCUT2D eigenvalue weighted by Crippen LogP contribution is -1.92. The maximum atomic E-state index is 11.0. The molecular weight excluding hydrogens is 232 g/mol. The number of furan rings is 1. The third kappa shape index (κ3) is 1.83. The van der Waals surface area contributed by atoms with Gasteiger partial charge in [-0.3, -0.25) is 4.79 Å². The molecule has 3 aromatic rings. The van der Waals surface area contributed by atoms with E-state index in [0.717, 1.165) is 27.5 Å². The van der Waals surface area contributed by atoms with Crippen molar-refractivity contribution in [1.82, 2.24) is 0 Å². The summed E-state index contributed by atoms with van der Waals surface area (Å²) >= 11 is 3.80. The summed E-state index contributed by atoms with van der Waals surface area (Å²) in [4.78, 5) is 11.0. The number of hydrogen-bond acceptors (Lipinski definition) is 2. The molecule has 0 aliphatic heterocycles. The maximum absolute atomic E-state index is 11.0. The number of rotatable bonds is 2. The summed E-state index contributed by atoms with van der Waals surface area (Å²) < 4.78 is 5.71. The van der Waals surface area contributed by atoms with Crippen LogP contribution in [0.4, 0.5) is 0 Å². The standard InChI is InChI=1S/C14H10O2S/c15-14(17)8-9-5-6-13-11(7-9)10-3-1-2-4-12(10)16-13/h1-7H,8H2,(H,15,17). The highest BCUT2D eigenvalue weighted by molar-refractivity contribution is 7.96. The fourth-order valence-corrected chi connectivity index (χ4v) is 2.24. The van der Waals surface area contributed by atoms with Gasteiger partial charge in [0.1, 0.15) is 11.2 Å². The lowest BCUT2D eigenvalue weighted by atomic mass is 10.1. The lowest BCUT2D eigenvalue weighted by Gasteiger charge is -1.96. The molecule has 0 unspecified atom stereocenters. The van der Waals surface area contributed by atoms with E-state index in [0.29, 0.717) is 6.42 Å². The van der Waals surface area contributed by atoms with Crippen molar-refractivity contribution in [2.45, 2.75) is 6.42 Å². The van der Waals surface area contributed by atoms with Gasteiger partial charge in [0.25, 0.3) is 0 Å². The molecule has 0 aliphatic rings. The highest BCUT2D eigenvalue weighted by Crippen LogP contribution is 2.29. The van der Waals surface area contributed by atoms with Gasteiger partial charge < -0.3 is 4.42 Å². The van der Waals surface area contributed by atoms with Crippen LogP contribution in [0, 0.1) is 0 Å². The van der Waals surface area contributed by atoms with Gasteiger partial charge in [0.2, 0.25) is 0 Å². The minimum Gasteiger partial charge on any atom is -0.456 e. The Kier molecular flexibility index (Phi) is 2.41. The summed E-state index contributed by atoms with van der Waals surface area (Å²) in [5.74, 6) is 0. The molecule has 0 saturated heterocycles. The number of carbonyl (C=O) groups excluding carboxylic acids is 1. The van der Waals surface area contributed by atoms with E-state index in [1.165, 1.54) is 0 Å². The second-order valence-corrected chi connectivity index (χ2v) is 4.50. The first-order valence-corrected chi connectivity index (χ1v) is 5.81. The molecule has 3 rings (SSSR count). The van der Waals surface area contributed by atoms with Gasteiger partial charge in [-0.05, 0) is 23.8 Å². The van der Waals surface area contributed by atoms with Crippen molar-refractivity contribution in [2.24, 2.45) is 0 Å². The third-order valence-corrected chi connectivity index (χ3v) is 2.95. The normalized spacial score (nSPS) is 11.1. The van der Waals surface area contributed by atoms with Crippen molar-refractivity contribution >= 4 is 39.7 Å². The van der Waals surface area contributed by atoms with Crippen molar-refractivity contribution in [3.8, 4) is 0 Å². The molecule has 0 radical (unpaired) electrons. The van der Waals surface area contributed by atoms with E-state index in [1.807, 2.05) is 42.5 Å². The van der Waals surface area contributed by atoms with E-state index in [4.69, 9.17) is 4.42 Å². The summed E-state index contributed by atoms with van der Waals surface area (Å²) in [7, 11) is 0. The number of fused-ring (bicyclic) bond motifs is 3. The highest BCUT2D eigenvalue weighted by atomic mass is 32.1. The molecule has 0 saturated carbocycles. The van der Waals surface area contributed by atoms with Crippen LogP contribution in [-0.4, -0.2) is 5.12 Å². The van der Waals surface area contributed by atoms with Crippen LogP contribution in [0.15, 0.2) is 46.9 Å². The van der Waals surface area contributed by atoms with E-state index in [2.05, 4.69) is 12.6 Å². The Morgan fingerprint density at radius 3 is 2.65 bits per heavy atom. The Bertz CT molecular complexity index is 712. The molecule has 0 atom stereocenters. The monoisotopic (exact) mass is 242 g/mol. The van der Waals surface area contributed by atoms with Gasteiger partial charge in [0, 0.05) is 17.2 Å². The molecule has 0 bridgehead atoms. The molecule has 0 fully saturated rings. The Morgan fingerprint density at radius 2 is 1.82 bits per heavy atom. The SMILES string of the molecule is O=C(S)Cc1ccc2oc3ccccc3c2c1. The first-order valence-electron chi connectivity index (χ1n) is 5.36. The molecule has 0 N–H and O–H groups in total. The summed E-state index contributed by atoms with van der Waals surface area (Å²) in [6.07, 6.45) is 0.346. The van der Waals surface area contributed by atoms with Crippen molar-refractivity contribution in [2.75, 3.05) is 0 Å². The van der Waals surface area contributed by atoms with E-state index in [1.54, 1.807) is 0 Å². The van der Waals surface area contributed by atoms with Crippen LogP contribution in [0.1, 0.15) is 5.56 Å². The summed E-state index contributed by atoms with van der Waals surface area (Å²) in [5.41, 5.74) is 2.68. The predicted molar refractivity (Wildman–Crippen MR) is 71.4 cm³/mol. The summed E-state index contributed by atoms with van der Waals surface area (Å²) in [6, 6.07) is 13.7. The van der Waals surface area contributed by atoms with Crippen LogP contribution >= 0.6 is 12.6 Å². The van der Waals surface area contributed by atoms with Gasteiger partial charge in [0.15, 0.2) is 5.12 Å². The van der Waals surface area contributed by atoms with Crippen molar-refractivity contribution < 1.29 is 9.21 Å². The summed E-state index contributed by atoms with van der Waals surface area (Å²) in [6.45, 7) is 0. The Morgan fingerprint density at radius 1 is 1.06 bits per heavy atom. The zero-order valence-corrected chi connectivity index (χ0v) is 9.91. The number of carbonyl (C=O) groups is 1. The van der Waals surface area contributed by atoms with E-state index in [-0.39, 0.29) is 5.12 Å². The average Bonchev–Trinajstić information content (AvgIpc) is 2.66. The second-order valence-electron chi connectivity index (χ2n) is 4.00. The molecule has 3 heteroatoms. The predicted octanol–water partition coefficient (Wildman–Crippen LogP) is 3.58. The summed E-state index contributed by atoms with van der Waals surface area (Å²) in [5, 5.41) is 2.00. The first-order chi connectivity index (χ1) is 8.24. The molecule has 1 heterocycles. The fourth-order valence-electron chi connectivity index (χ4n) is 2.06. The minimum atomic E-state index is -0.128. The van der Waals surface area contributed by atoms with E-state index >= 15 is 0 Å². The lowest BCUT2D eigenvalue weighted by molar-refractivity contribution is -0.110. The Labute approximate surface area is 104 Å². The fraction of sp³-hybridized carbons (Fsp3) is 0.0714. The average molecular weight is 242 g/mol. The van der Waals surface area contributed by atoms with Crippen LogP contribution in [0.3, 0.4) is 0 Å². The van der Waals surface area contributed by atoms with Gasteiger partial charge in [-0.15, -0.1) is 12.6 Å². The number of para-hydroxylation sites is 1. The molecule has 0 spiro atoms. The molecule has 17 heavy (non-hydrogen) atoms. The van der Waals surface area contributed by atoms with Gasteiger partial charge in [0.05, 0.1) is 0 Å². The molecule has 1 aromatic heterocycles. The highest BCUT2D eigenvalue weighted by Gasteiger charge is 2.07. The zero-order valence-electron chi connectivity index (χ0n) is 9.01. The molecule has 0 amide bonds. The minimum absolute atomic E-state index is 0.128. The number of benzene rings is 2. The van der Waals surface area contributed by atoms with Gasteiger partial charge in [-0.25, -0.2) is 0 Å². The van der Waals surface area contributed by atoms with Crippen LogP contribution < -0.4 is 0 Å². The van der Waals surface area contributed by atoms with Crippen LogP contribution in [0.25, 0.3) is 21.9 Å². The van der Waals surface area contributed by atoms with E-state index in [9.17, 15) is 4.79 Å². The second kappa shape index (κ2) is 3.93. The van der Waals surface area contributed by atoms with Crippen LogP contribution in [0.2, 0.25) is 0 Å². The van der Waals surface area contributed by atoms with Gasteiger partial charge in [-0.1, -0.05) is 24.3 Å². The van der Waals surface area contributed by atoms with E-state index < -0.39 is 0 Å². The number of thiol groups is 1. The van der Waals surface area contributed by atoms with Crippen molar-refractivity contribution in [3.05, 3.63) is 48.0 Å². The van der Waals surface area contributed by atoms with Crippen LogP contribution in [0.5, 0.6) is 0 Å². The maximum Gasteiger partial charge on any atom is 0.190 e. The Hall–Kier alpha value is -1.74. The molecule has 84 valence electrons. The first kappa shape index (κ1) is 10.4. The topological polar surface area (TPSA) is 30.2 Å². The van der Waals surface area contributed by atoms with Crippen LogP contribution in [-0.2, 0) is 11.2 Å². The third-order valence-electron chi connectivity index (χ3n) is 2.80. The quantitative estimate of drug-likeness (QED) is 0.696. The van der Waals surface area contributed by atoms with Crippen molar-refractivity contribution in [3.63, 3.8) is 0 Å². The molecule has 2 nitrogen and oxygen atoms in total. The number of hydrogen-bond donors (Lipinski definition) is 1. The molecule has 2 aromatic carbocycles. The Balaban J connectivity index is 2.26. The smallest absolute Gasteiger partial charge is 0.190 e. The molecule has 0 aliphatic carbocycles. The van der Waals surface area contributed by atoms with Crippen molar-refractivity contribution in [1.29, 1.82) is 0 Å². The molecular formula is C14H10O2S. The van der Waals surface area contributed by atoms with Gasteiger partial charge in [-0.2, -0.15) is 0 Å². The zero-order chi connectivity index (χ0) is 11.8.